The van der Waals surface area contributed by atoms with Crippen LogP contribution in [0.25, 0.3) is 0 Å². The van der Waals surface area contributed by atoms with Gasteiger partial charge in [0.1, 0.15) is 11.0 Å². The summed E-state index contributed by atoms with van der Waals surface area (Å²) >= 11 is 5.40. The van der Waals surface area contributed by atoms with Crippen LogP contribution in [0, 0.1) is 11.3 Å². The van der Waals surface area contributed by atoms with Crippen molar-refractivity contribution in [1.82, 2.24) is 0 Å². The summed E-state index contributed by atoms with van der Waals surface area (Å²) in [7, 11) is 0.534. The lowest BCUT2D eigenvalue weighted by atomic mass is 10.1. The minimum absolute atomic E-state index is 0.242. The van der Waals surface area contributed by atoms with Crippen LogP contribution in [0.3, 0.4) is 0 Å². The topological polar surface area (TPSA) is 57.9 Å². The molecule has 0 aliphatic carbocycles. The van der Waals surface area contributed by atoms with E-state index in [0.717, 1.165) is 0 Å². The Kier molecular flexibility index (Phi) is 4.15. The Hall–Kier alpha value is -0.970. The van der Waals surface area contributed by atoms with Gasteiger partial charge in [0.25, 0.3) is 9.05 Å². The van der Waals surface area contributed by atoms with Crippen molar-refractivity contribution in [3.8, 4) is 6.07 Å². The number of nitrogens with zero attached hydrogens (tertiary/aromatic N) is 1. The third-order valence-corrected chi connectivity index (χ3v) is 3.66. The molecule has 98 valence electrons. The maximum Gasteiger partial charge on any atom is 0.416 e. The van der Waals surface area contributed by atoms with Crippen LogP contribution in [0.1, 0.15) is 16.7 Å². The molecule has 1 aromatic carbocycles. The van der Waals surface area contributed by atoms with Gasteiger partial charge in [-0.15, -0.1) is 11.6 Å². The zero-order chi connectivity index (χ0) is 14.1. The largest absolute Gasteiger partial charge is 0.416 e. The van der Waals surface area contributed by atoms with E-state index in [1.54, 1.807) is 0 Å². The summed E-state index contributed by atoms with van der Waals surface area (Å²) in [5.41, 5.74) is -1.95. The monoisotopic (exact) mass is 317 g/mol. The summed E-state index contributed by atoms with van der Waals surface area (Å²) < 4.78 is 60.0. The summed E-state index contributed by atoms with van der Waals surface area (Å²) in [6, 6.07) is 2.42. The van der Waals surface area contributed by atoms with Crippen LogP contribution in [-0.2, 0) is 21.1 Å². The predicted molar refractivity (Wildman–Crippen MR) is 58.8 cm³/mol. The Morgan fingerprint density at radius 2 is 1.89 bits per heavy atom. The highest BCUT2D eigenvalue weighted by Gasteiger charge is 2.34. The van der Waals surface area contributed by atoms with Crippen molar-refractivity contribution in [1.29, 1.82) is 5.26 Å². The van der Waals surface area contributed by atoms with E-state index in [9.17, 15) is 21.6 Å². The van der Waals surface area contributed by atoms with Crippen LogP contribution in [0.4, 0.5) is 13.2 Å². The second-order valence-corrected chi connectivity index (χ2v) is 5.99. The van der Waals surface area contributed by atoms with Crippen molar-refractivity contribution in [2.45, 2.75) is 17.0 Å². The number of rotatable bonds is 2. The van der Waals surface area contributed by atoms with Crippen molar-refractivity contribution in [2.75, 3.05) is 0 Å². The second-order valence-electron chi connectivity index (χ2n) is 3.19. The number of halogens is 5. The summed E-state index contributed by atoms with van der Waals surface area (Å²) in [5.74, 6) is -0.438. The second kappa shape index (κ2) is 4.96. The smallest absolute Gasteiger partial charge is 0.207 e. The molecule has 0 fully saturated rings. The number of hydrogen-bond acceptors (Lipinski definition) is 3. The minimum Gasteiger partial charge on any atom is -0.207 e. The lowest BCUT2D eigenvalue weighted by Crippen LogP contribution is -2.09. The average molecular weight is 318 g/mol. The SMILES string of the molecule is N#Cc1c(CCl)cc(C(F)(F)F)cc1S(=O)(=O)Cl. The maximum atomic E-state index is 12.5. The Labute approximate surface area is 110 Å². The fraction of sp³-hybridized carbons (Fsp3) is 0.222. The zero-order valence-electron chi connectivity index (χ0n) is 8.42. The number of alkyl halides is 4. The van der Waals surface area contributed by atoms with Crippen LogP contribution in [0.2, 0.25) is 0 Å². The first kappa shape index (κ1) is 15.1. The summed E-state index contributed by atoms with van der Waals surface area (Å²) in [4.78, 5) is -0.892. The fourth-order valence-electron chi connectivity index (χ4n) is 1.26. The van der Waals surface area contributed by atoms with E-state index in [2.05, 4.69) is 0 Å². The highest BCUT2D eigenvalue weighted by Crippen LogP contribution is 2.34. The Balaban J connectivity index is 3.75. The van der Waals surface area contributed by atoms with Gasteiger partial charge in [0, 0.05) is 16.6 Å². The van der Waals surface area contributed by atoms with Crippen LogP contribution in [0.15, 0.2) is 17.0 Å². The molecule has 0 bridgehead atoms. The van der Waals surface area contributed by atoms with Crippen LogP contribution in [0.5, 0.6) is 0 Å². The molecule has 18 heavy (non-hydrogen) atoms. The molecule has 1 rings (SSSR count). The van der Waals surface area contributed by atoms with E-state index in [-0.39, 0.29) is 5.56 Å². The molecule has 0 aliphatic rings. The first-order valence-corrected chi connectivity index (χ1v) is 7.10. The van der Waals surface area contributed by atoms with Gasteiger partial charge < -0.3 is 0 Å². The molecule has 0 aliphatic heterocycles. The van der Waals surface area contributed by atoms with Crippen molar-refractivity contribution in [3.05, 3.63) is 28.8 Å². The maximum absolute atomic E-state index is 12.5. The van der Waals surface area contributed by atoms with Crippen molar-refractivity contribution in [2.24, 2.45) is 0 Å². The first-order chi connectivity index (χ1) is 8.11. The van der Waals surface area contributed by atoms with Crippen molar-refractivity contribution in [3.63, 3.8) is 0 Å². The highest BCUT2D eigenvalue weighted by atomic mass is 35.7. The standard InChI is InChI=1S/C9H4Cl2F3NO2S/c10-3-5-1-6(9(12,13)14)2-8(7(5)4-15)18(11,16)17/h1-2H,3H2. The molecule has 3 nitrogen and oxygen atoms in total. The molecule has 0 atom stereocenters. The molecule has 0 saturated carbocycles. The van der Waals surface area contributed by atoms with Gasteiger partial charge in [-0.3, -0.25) is 0 Å². The fourth-order valence-corrected chi connectivity index (χ4v) is 2.53. The third-order valence-electron chi connectivity index (χ3n) is 2.03. The van der Waals surface area contributed by atoms with Gasteiger partial charge in [-0.1, -0.05) is 0 Å². The molecule has 0 N–H and O–H groups in total. The van der Waals surface area contributed by atoms with Gasteiger partial charge in [-0.2, -0.15) is 18.4 Å². The molecule has 0 aromatic heterocycles. The molecular weight excluding hydrogens is 314 g/mol. The Morgan fingerprint density at radius 3 is 2.22 bits per heavy atom. The third kappa shape index (κ3) is 3.07. The van der Waals surface area contributed by atoms with Crippen molar-refractivity contribution < 1.29 is 21.6 Å². The van der Waals surface area contributed by atoms with Crippen molar-refractivity contribution >= 4 is 31.3 Å². The molecule has 0 amide bonds. The molecule has 0 heterocycles. The molecule has 0 saturated heterocycles. The normalized spacial score (nSPS) is 12.2. The summed E-state index contributed by atoms with van der Waals surface area (Å²) in [6.07, 6.45) is -4.76. The molecular formula is C9H4Cl2F3NO2S. The number of benzene rings is 1. The minimum atomic E-state index is -4.76. The molecule has 1 aromatic rings. The summed E-state index contributed by atoms with van der Waals surface area (Å²) in [6.45, 7) is 0. The van der Waals surface area contributed by atoms with E-state index >= 15 is 0 Å². The van der Waals surface area contributed by atoms with Gasteiger partial charge in [0.2, 0.25) is 0 Å². The molecule has 0 spiro atoms. The van der Waals surface area contributed by atoms with Gasteiger partial charge in [-0.25, -0.2) is 8.42 Å². The van der Waals surface area contributed by atoms with E-state index < -0.39 is 37.1 Å². The van der Waals surface area contributed by atoms with Crippen LogP contribution in [-0.4, -0.2) is 8.42 Å². The number of hydrogen-bond donors (Lipinski definition) is 0. The van der Waals surface area contributed by atoms with E-state index in [1.165, 1.54) is 6.07 Å². The summed E-state index contributed by atoms with van der Waals surface area (Å²) in [5, 5.41) is 8.77. The highest BCUT2D eigenvalue weighted by molar-refractivity contribution is 8.13. The van der Waals surface area contributed by atoms with Gasteiger partial charge in [0.05, 0.1) is 11.1 Å². The van der Waals surface area contributed by atoms with E-state index in [1.807, 2.05) is 0 Å². The average Bonchev–Trinajstić information content (AvgIpc) is 2.24. The van der Waals surface area contributed by atoms with Gasteiger partial charge in [0.15, 0.2) is 0 Å². The molecule has 9 heteroatoms. The van der Waals surface area contributed by atoms with Crippen LogP contribution >= 0.6 is 22.3 Å². The van der Waals surface area contributed by atoms with E-state index in [0.29, 0.717) is 12.1 Å². The lowest BCUT2D eigenvalue weighted by Gasteiger charge is -2.11. The molecule has 0 unspecified atom stereocenters. The predicted octanol–water partition coefficient (Wildman–Crippen LogP) is 3.24. The quantitative estimate of drug-likeness (QED) is 0.621. The van der Waals surface area contributed by atoms with Gasteiger partial charge in [-0.05, 0) is 17.7 Å². The van der Waals surface area contributed by atoms with Crippen LogP contribution < -0.4 is 0 Å². The van der Waals surface area contributed by atoms with Gasteiger partial charge >= 0.3 is 6.18 Å². The zero-order valence-corrected chi connectivity index (χ0v) is 10.8. The number of nitriles is 1. The Bertz CT molecular complexity index is 620. The Morgan fingerprint density at radius 1 is 1.33 bits per heavy atom. The molecule has 0 radical (unpaired) electrons. The van der Waals surface area contributed by atoms with E-state index in [4.69, 9.17) is 27.5 Å². The lowest BCUT2D eigenvalue weighted by molar-refractivity contribution is -0.137. The first-order valence-electron chi connectivity index (χ1n) is 4.26.